The van der Waals surface area contributed by atoms with E-state index < -0.39 is 35.1 Å². The molecule has 1 aromatic rings. The lowest BCUT2D eigenvalue weighted by Gasteiger charge is -2.41. The van der Waals surface area contributed by atoms with Gasteiger partial charge in [-0.15, -0.1) is 0 Å². The molecule has 38 heavy (non-hydrogen) atoms. The highest BCUT2D eigenvalue weighted by Gasteiger charge is 2.75. The van der Waals surface area contributed by atoms with E-state index in [4.69, 9.17) is 4.74 Å². The van der Waals surface area contributed by atoms with Crippen molar-refractivity contribution in [1.29, 1.82) is 0 Å². The van der Waals surface area contributed by atoms with Crippen molar-refractivity contribution < 1.29 is 24.2 Å². The van der Waals surface area contributed by atoms with E-state index >= 15 is 0 Å². The van der Waals surface area contributed by atoms with Gasteiger partial charge >= 0.3 is 0 Å². The molecule has 8 nitrogen and oxygen atoms in total. The normalized spacial score (nSPS) is 33.4. The third-order valence-corrected chi connectivity index (χ3v) is 8.69. The first-order valence-corrected chi connectivity index (χ1v) is 13.8. The van der Waals surface area contributed by atoms with Crippen LogP contribution in [0.1, 0.15) is 39.7 Å². The van der Waals surface area contributed by atoms with Crippen molar-refractivity contribution in [2.45, 2.75) is 63.9 Å². The van der Waals surface area contributed by atoms with Gasteiger partial charge in [-0.2, -0.15) is 0 Å². The van der Waals surface area contributed by atoms with E-state index in [1.807, 2.05) is 82.3 Å². The minimum Gasteiger partial charge on any atom is -0.394 e. The molecular weight excluding hydrogens is 482 g/mol. The molecule has 1 unspecified atom stereocenters. The highest BCUT2D eigenvalue weighted by molar-refractivity contribution is 6.00. The van der Waals surface area contributed by atoms with Gasteiger partial charge in [0, 0.05) is 26.2 Å². The number of fused-ring (bicyclic) bond motifs is 2. The molecule has 1 spiro atoms. The third kappa shape index (κ3) is 4.00. The lowest BCUT2D eigenvalue weighted by molar-refractivity contribution is -0.157. The second-order valence-corrected chi connectivity index (χ2v) is 11.5. The second-order valence-electron chi connectivity index (χ2n) is 11.5. The molecule has 4 aliphatic rings. The Labute approximate surface area is 224 Å². The Morgan fingerprint density at radius 1 is 0.974 bits per heavy atom. The van der Waals surface area contributed by atoms with Crippen LogP contribution in [0.25, 0.3) is 0 Å². The molecule has 204 valence electrons. The standard InChI is InChI=1S/C30H39N3O5/c1-5-15-31-16-9-13-29(4)23(26(31)35)24-27(36)33(22(19-34)20(2)3)25-28(37)32(17-10-14-30(24,25)38-29)18-21-11-7-6-8-12-21/h6-14,20,22-25,34H,5,15-19H2,1-4H3/t22-,23-,24-,25?,29+,30-/m0/s1. The summed E-state index contributed by atoms with van der Waals surface area (Å²) in [4.78, 5) is 47.9. The van der Waals surface area contributed by atoms with Crippen molar-refractivity contribution >= 4 is 17.7 Å². The number of carbonyl (C=O) groups excluding carboxylic acids is 3. The summed E-state index contributed by atoms with van der Waals surface area (Å²) < 4.78 is 6.86. The van der Waals surface area contributed by atoms with Crippen molar-refractivity contribution in [3.63, 3.8) is 0 Å². The Kier molecular flexibility index (Phi) is 6.99. The topological polar surface area (TPSA) is 90.4 Å². The predicted octanol–water partition coefficient (Wildman–Crippen LogP) is 2.38. The van der Waals surface area contributed by atoms with Gasteiger partial charge in [0.2, 0.25) is 17.7 Å². The molecule has 0 saturated carbocycles. The monoisotopic (exact) mass is 521 g/mol. The van der Waals surface area contributed by atoms with Crippen molar-refractivity contribution in [1.82, 2.24) is 14.7 Å². The Hall–Kier alpha value is -2.97. The first kappa shape index (κ1) is 26.6. The van der Waals surface area contributed by atoms with Gasteiger partial charge in [-0.3, -0.25) is 14.4 Å². The number of aliphatic hydroxyl groups is 1. The molecule has 4 heterocycles. The van der Waals surface area contributed by atoms with E-state index in [2.05, 4.69) is 0 Å². The van der Waals surface area contributed by atoms with Gasteiger partial charge in [0.05, 0.1) is 30.1 Å². The summed E-state index contributed by atoms with van der Waals surface area (Å²) >= 11 is 0. The molecule has 0 bridgehead atoms. The minimum atomic E-state index is -1.31. The lowest BCUT2D eigenvalue weighted by Crippen LogP contribution is -2.59. The van der Waals surface area contributed by atoms with Crippen LogP contribution in [0, 0.1) is 17.8 Å². The fourth-order valence-corrected chi connectivity index (χ4v) is 6.95. The van der Waals surface area contributed by atoms with Crippen LogP contribution >= 0.6 is 0 Å². The van der Waals surface area contributed by atoms with Crippen LogP contribution < -0.4 is 0 Å². The molecule has 3 amide bonds. The Balaban J connectivity index is 1.63. The van der Waals surface area contributed by atoms with E-state index in [-0.39, 0.29) is 30.2 Å². The number of likely N-dealkylation sites (tertiary alicyclic amines) is 1. The fraction of sp³-hybridized carbons (Fsp3) is 0.567. The zero-order chi connectivity index (χ0) is 27.2. The number of hydrogen-bond acceptors (Lipinski definition) is 5. The minimum absolute atomic E-state index is 0.102. The summed E-state index contributed by atoms with van der Waals surface area (Å²) in [6.45, 7) is 9.27. The number of rotatable bonds is 7. The van der Waals surface area contributed by atoms with Gasteiger partial charge in [0.15, 0.2) is 0 Å². The zero-order valence-electron chi connectivity index (χ0n) is 22.7. The van der Waals surface area contributed by atoms with Crippen LogP contribution in [-0.4, -0.2) is 87.1 Å². The van der Waals surface area contributed by atoms with Crippen molar-refractivity contribution in [2.24, 2.45) is 17.8 Å². The van der Waals surface area contributed by atoms with Crippen molar-refractivity contribution in [3.8, 4) is 0 Å². The Morgan fingerprint density at radius 2 is 1.66 bits per heavy atom. The van der Waals surface area contributed by atoms with Gasteiger partial charge < -0.3 is 24.5 Å². The van der Waals surface area contributed by atoms with Crippen LogP contribution in [0.15, 0.2) is 54.6 Å². The zero-order valence-corrected chi connectivity index (χ0v) is 22.7. The van der Waals surface area contributed by atoms with Gasteiger partial charge in [0.1, 0.15) is 11.6 Å². The average Bonchev–Trinajstić information content (AvgIpc) is 3.16. The number of ether oxygens (including phenoxy) is 1. The molecule has 4 aliphatic heterocycles. The molecule has 1 N–H and O–H groups in total. The predicted molar refractivity (Wildman–Crippen MR) is 143 cm³/mol. The molecule has 1 aromatic carbocycles. The van der Waals surface area contributed by atoms with E-state index in [1.54, 1.807) is 14.7 Å². The van der Waals surface area contributed by atoms with Crippen molar-refractivity contribution in [2.75, 3.05) is 26.2 Å². The third-order valence-electron chi connectivity index (χ3n) is 8.69. The van der Waals surface area contributed by atoms with Crippen LogP contribution in [0.3, 0.4) is 0 Å². The van der Waals surface area contributed by atoms with Gasteiger partial charge in [-0.25, -0.2) is 0 Å². The Bertz CT molecular complexity index is 1150. The number of nitrogens with zero attached hydrogens (tertiary/aromatic N) is 3. The maximum atomic E-state index is 14.4. The first-order chi connectivity index (χ1) is 18.2. The van der Waals surface area contributed by atoms with Gasteiger partial charge in [-0.05, 0) is 24.8 Å². The summed E-state index contributed by atoms with van der Waals surface area (Å²) in [7, 11) is 0. The fourth-order valence-electron chi connectivity index (χ4n) is 6.95. The highest BCUT2D eigenvalue weighted by atomic mass is 16.5. The molecule has 0 radical (unpaired) electrons. The molecular formula is C30H39N3O5. The maximum Gasteiger partial charge on any atom is 0.249 e. The highest BCUT2D eigenvalue weighted by Crippen LogP contribution is 2.58. The molecule has 5 rings (SSSR count). The van der Waals surface area contributed by atoms with E-state index in [0.29, 0.717) is 26.2 Å². The van der Waals surface area contributed by atoms with E-state index in [9.17, 15) is 19.5 Å². The van der Waals surface area contributed by atoms with E-state index in [1.165, 1.54) is 0 Å². The number of benzene rings is 1. The number of hydrogen-bond donors (Lipinski definition) is 1. The quantitative estimate of drug-likeness (QED) is 0.557. The Morgan fingerprint density at radius 3 is 2.32 bits per heavy atom. The molecule has 0 aliphatic carbocycles. The SMILES string of the molecule is CCCN1CC=C[C@@]2(C)O[C@]34C=CCN(Cc5ccccc5)C(=O)C3N([C@@H](CO)C(C)C)C(=O)[C@@H]4[C@H]2C1=O. The average molecular weight is 522 g/mol. The number of amides is 3. The summed E-state index contributed by atoms with van der Waals surface area (Å²) in [6.07, 6.45) is 8.42. The van der Waals surface area contributed by atoms with Gasteiger partial charge in [0.25, 0.3) is 0 Å². The van der Waals surface area contributed by atoms with Crippen LogP contribution in [0.2, 0.25) is 0 Å². The maximum absolute atomic E-state index is 14.4. The second kappa shape index (κ2) is 9.97. The summed E-state index contributed by atoms with van der Waals surface area (Å²) in [5.74, 6) is -2.37. The summed E-state index contributed by atoms with van der Waals surface area (Å²) in [5, 5.41) is 10.4. The van der Waals surface area contributed by atoms with Crippen molar-refractivity contribution in [3.05, 3.63) is 60.2 Å². The molecule has 0 aromatic heterocycles. The molecule has 2 fully saturated rings. The number of aliphatic hydroxyl groups excluding tert-OH is 1. The van der Waals surface area contributed by atoms with Crippen LogP contribution in [-0.2, 0) is 25.7 Å². The lowest BCUT2D eigenvalue weighted by atomic mass is 9.74. The molecule has 6 atom stereocenters. The van der Waals surface area contributed by atoms with Gasteiger partial charge in [-0.1, -0.05) is 75.4 Å². The van der Waals surface area contributed by atoms with Crippen LogP contribution in [0.4, 0.5) is 0 Å². The summed E-state index contributed by atoms with van der Waals surface area (Å²) in [5.41, 5.74) is -1.36. The smallest absolute Gasteiger partial charge is 0.249 e. The summed E-state index contributed by atoms with van der Waals surface area (Å²) in [6, 6.07) is 8.19. The largest absolute Gasteiger partial charge is 0.394 e. The first-order valence-electron chi connectivity index (χ1n) is 13.8. The molecule has 2 saturated heterocycles. The number of carbonyl (C=O) groups is 3. The molecule has 8 heteroatoms. The van der Waals surface area contributed by atoms with Crippen LogP contribution in [0.5, 0.6) is 0 Å². The van der Waals surface area contributed by atoms with E-state index in [0.717, 1.165) is 12.0 Å².